The van der Waals surface area contributed by atoms with Gasteiger partial charge in [0.2, 0.25) is 0 Å². The van der Waals surface area contributed by atoms with Crippen molar-refractivity contribution in [2.24, 2.45) is 11.1 Å². The molecule has 1 fully saturated rings. The van der Waals surface area contributed by atoms with Gasteiger partial charge in [-0.3, -0.25) is 4.79 Å². The van der Waals surface area contributed by atoms with Crippen LogP contribution in [-0.4, -0.2) is 17.6 Å². The zero-order chi connectivity index (χ0) is 13.3. The monoisotopic (exact) mass is 249 g/mol. The van der Waals surface area contributed by atoms with Crippen LogP contribution >= 0.6 is 0 Å². The third-order valence-electron chi connectivity index (χ3n) is 3.54. The van der Waals surface area contributed by atoms with Gasteiger partial charge < -0.3 is 10.8 Å². The van der Waals surface area contributed by atoms with E-state index in [1.165, 1.54) is 6.42 Å². The van der Waals surface area contributed by atoms with E-state index in [1.54, 1.807) is 0 Å². The van der Waals surface area contributed by atoms with E-state index < -0.39 is 5.97 Å². The van der Waals surface area contributed by atoms with E-state index in [9.17, 15) is 4.79 Å². The third-order valence-corrected chi connectivity index (χ3v) is 3.54. The summed E-state index contributed by atoms with van der Waals surface area (Å²) in [5.41, 5.74) is 5.54. The Balaban J connectivity index is 0.000000225. The van der Waals surface area contributed by atoms with Gasteiger partial charge in [0, 0.05) is 0 Å². The van der Waals surface area contributed by atoms with Gasteiger partial charge in [0.1, 0.15) is 0 Å². The van der Waals surface area contributed by atoms with Crippen LogP contribution in [-0.2, 0) is 4.79 Å². The fourth-order valence-corrected chi connectivity index (χ4v) is 2.46. The van der Waals surface area contributed by atoms with Gasteiger partial charge in [-0.15, -0.1) is 0 Å². The number of benzene rings is 1. The Morgan fingerprint density at radius 3 is 1.78 bits per heavy atom. The summed E-state index contributed by atoms with van der Waals surface area (Å²) in [5.74, 6) is -0.706. The molecule has 0 aliphatic heterocycles. The lowest BCUT2D eigenvalue weighted by Crippen LogP contribution is -2.34. The van der Waals surface area contributed by atoms with Crippen molar-refractivity contribution in [2.75, 3.05) is 6.54 Å². The molecular formula is C15H23NO2. The number of carboxylic acid groups (broad SMARTS) is 1. The van der Waals surface area contributed by atoms with E-state index in [-0.39, 0.29) is 11.8 Å². The van der Waals surface area contributed by atoms with Crippen LogP contribution in [0.3, 0.4) is 0 Å². The van der Waals surface area contributed by atoms with Gasteiger partial charge in [0.25, 0.3) is 0 Å². The van der Waals surface area contributed by atoms with E-state index in [2.05, 4.69) is 0 Å². The molecule has 0 amide bonds. The van der Waals surface area contributed by atoms with Crippen LogP contribution in [0.1, 0.15) is 38.5 Å². The summed E-state index contributed by atoms with van der Waals surface area (Å²) in [5, 5.41) is 8.71. The molecule has 0 saturated heterocycles. The number of carbonyl (C=O) groups is 1. The van der Waals surface area contributed by atoms with Gasteiger partial charge in [-0.05, 0) is 24.8 Å². The lowest BCUT2D eigenvalue weighted by Gasteiger charge is -2.34. The number of hydrogen-bond acceptors (Lipinski definition) is 2. The highest BCUT2D eigenvalue weighted by Gasteiger charge is 2.32. The van der Waals surface area contributed by atoms with Gasteiger partial charge >= 0.3 is 5.97 Å². The molecule has 1 saturated carbocycles. The minimum Gasteiger partial charge on any atom is -0.481 e. The average Bonchev–Trinajstić information content (AvgIpc) is 2.42. The average molecular weight is 249 g/mol. The summed E-state index contributed by atoms with van der Waals surface area (Å²) in [6.45, 7) is 0.527. The second kappa shape index (κ2) is 7.88. The van der Waals surface area contributed by atoms with Crippen molar-refractivity contribution in [3.05, 3.63) is 36.4 Å². The van der Waals surface area contributed by atoms with Crippen molar-refractivity contribution in [1.29, 1.82) is 0 Å². The lowest BCUT2D eigenvalue weighted by molar-refractivity contribution is -0.140. The Kier molecular flexibility index (Phi) is 6.44. The molecule has 0 atom stereocenters. The van der Waals surface area contributed by atoms with Crippen molar-refractivity contribution in [3.63, 3.8) is 0 Å². The van der Waals surface area contributed by atoms with Crippen molar-refractivity contribution in [1.82, 2.24) is 0 Å². The fourth-order valence-electron chi connectivity index (χ4n) is 2.46. The second-order valence-electron chi connectivity index (χ2n) is 4.99. The summed E-state index contributed by atoms with van der Waals surface area (Å²) in [6, 6.07) is 12.0. The molecule has 0 heterocycles. The molecule has 3 nitrogen and oxygen atoms in total. The molecule has 0 bridgehead atoms. The minimum absolute atomic E-state index is 0.0793. The standard InChI is InChI=1S/C9H17NO2.C6H6/c10-7-9(6-8(11)12)4-2-1-3-5-9;1-2-4-6-5-3-1/h1-7,10H2,(H,11,12);1-6H. The van der Waals surface area contributed by atoms with Crippen molar-refractivity contribution in [3.8, 4) is 0 Å². The van der Waals surface area contributed by atoms with Gasteiger partial charge in [-0.25, -0.2) is 0 Å². The van der Waals surface area contributed by atoms with Gasteiger partial charge in [-0.1, -0.05) is 55.7 Å². The first-order valence-electron chi connectivity index (χ1n) is 6.60. The zero-order valence-corrected chi connectivity index (χ0v) is 10.8. The maximum atomic E-state index is 10.6. The van der Waals surface area contributed by atoms with E-state index in [1.807, 2.05) is 36.4 Å². The molecule has 100 valence electrons. The summed E-state index contributed by atoms with van der Waals surface area (Å²) >= 11 is 0. The summed E-state index contributed by atoms with van der Waals surface area (Å²) in [7, 11) is 0. The van der Waals surface area contributed by atoms with E-state index in [0.29, 0.717) is 6.54 Å². The normalized spacial score (nSPS) is 17.4. The first-order valence-corrected chi connectivity index (χ1v) is 6.60. The van der Waals surface area contributed by atoms with Crippen LogP contribution in [0, 0.1) is 5.41 Å². The van der Waals surface area contributed by atoms with Crippen LogP contribution in [0.5, 0.6) is 0 Å². The Morgan fingerprint density at radius 1 is 1.00 bits per heavy atom. The van der Waals surface area contributed by atoms with Crippen LogP contribution in [0.4, 0.5) is 0 Å². The van der Waals surface area contributed by atoms with Crippen molar-refractivity contribution >= 4 is 5.97 Å². The Hall–Kier alpha value is -1.35. The summed E-state index contributed by atoms with van der Waals surface area (Å²) in [4.78, 5) is 10.6. The van der Waals surface area contributed by atoms with Crippen LogP contribution in [0.2, 0.25) is 0 Å². The molecule has 0 unspecified atom stereocenters. The van der Waals surface area contributed by atoms with Gasteiger partial charge in [0.15, 0.2) is 0 Å². The topological polar surface area (TPSA) is 63.3 Å². The Morgan fingerprint density at radius 2 is 1.44 bits per heavy atom. The number of rotatable bonds is 3. The molecular weight excluding hydrogens is 226 g/mol. The molecule has 3 heteroatoms. The number of aliphatic carboxylic acids is 1. The Bertz CT molecular complexity index is 305. The maximum absolute atomic E-state index is 10.6. The van der Waals surface area contributed by atoms with Crippen molar-refractivity contribution < 1.29 is 9.90 Å². The van der Waals surface area contributed by atoms with E-state index in [4.69, 9.17) is 10.8 Å². The van der Waals surface area contributed by atoms with Crippen molar-refractivity contribution in [2.45, 2.75) is 38.5 Å². The number of nitrogens with two attached hydrogens (primary N) is 1. The minimum atomic E-state index is -0.706. The molecule has 0 spiro atoms. The summed E-state index contributed by atoms with van der Waals surface area (Å²) < 4.78 is 0. The van der Waals surface area contributed by atoms with Gasteiger partial charge in [-0.2, -0.15) is 0 Å². The molecule has 18 heavy (non-hydrogen) atoms. The molecule has 2 rings (SSSR count). The van der Waals surface area contributed by atoms with Gasteiger partial charge in [0.05, 0.1) is 6.42 Å². The first kappa shape index (κ1) is 14.7. The first-order chi connectivity index (χ1) is 8.68. The predicted molar refractivity (Wildman–Crippen MR) is 73.3 cm³/mol. The SMILES string of the molecule is NCC1(CC(=O)O)CCCCC1.c1ccccc1. The highest BCUT2D eigenvalue weighted by Crippen LogP contribution is 2.38. The highest BCUT2D eigenvalue weighted by atomic mass is 16.4. The smallest absolute Gasteiger partial charge is 0.303 e. The van der Waals surface area contributed by atoms with E-state index >= 15 is 0 Å². The molecule has 1 aliphatic rings. The number of carboxylic acids is 1. The molecule has 0 radical (unpaired) electrons. The van der Waals surface area contributed by atoms with E-state index in [0.717, 1.165) is 25.7 Å². The molecule has 1 aliphatic carbocycles. The molecule has 0 aromatic heterocycles. The predicted octanol–water partition coefficient (Wildman–Crippen LogP) is 3.06. The van der Waals surface area contributed by atoms with Crippen LogP contribution < -0.4 is 5.73 Å². The molecule has 1 aromatic carbocycles. The third kappa shape index (κ3) is 5.32. The largest absolute Gasteiger partial charge is 0.481 e. The zero-order valence-electron chi connectivity index (χ0n) is 10.8. The highest BCUT2D eigenvalue weighted by molar-refractivity contribution is 5.67. The van der Waals surface area contributed by atoms with Crippen LogP contribution in [0.25, 0.3) is 0 Å². The number of hydrogen-bond donors (Lipinski definition) is 2. The molecule has 3 N–H and O–H groups in total. The fraction of sp³-hybridized carbons (Fsp3) is 0.533. The van der Waals surface area contributed by atoms with Crippen LogP contribution in [0.15, 0.2) is 36.4 Å². The Labute approximate surface area is 109 Å². The second-order valence-corrected chi connectivity index (χ2v) is 4.99. The molecule has 1 aromatic rings. The lowest BCUT2D eigenvalue weighted by atomic mass is 9.72. The quantitative estimate of drug-likeness (QED) is 0.865. The maximum Gasteiger partial charge on any atom is 0.303 e. The summed E-state index contributed by atoms with van der Waals surface area (Å²) in [6.07, 6.45) is 5.77.